The van der Waals surface area contributed by atoms with E-state index in [2.05, 4.69) is 18.7 Å². The summed E-state index contributed by atoms with van der Waals surface area (Å²) in [7, 11) is 0. The Balaban J connectivity index is 1.84. The first-order valence-electron chi connectivity index (χ1n) is 9.36. The minimum Gasteiger partial charge on any atom is -0.300 e. The second-order valence-corrected chi connectivity index (χ2v) is 7.03. The van der Waals surface area contributed by atoms with E-state index in [0.29, 0.717) is 23.7 Å². The van der Waals surface area contributed by atoms with E-state index < -0.39 is 0 Å². The van der Waals surface area contributed by atoms with Crippen LogP contribution in [0.1, 0.15) is 71.9 Å². The third kappa shape index (κ3) is 2.88. The van der Waals surface area contributed by atoms with Crippen molar-refractivity contribution in [3.63, 3.8) is 0 Å². The van der Waals surface area contributed by atoms with Gasteiger partial charge >= 0.3 is 0 Å². The summed E-state index contributed by atoms with van der Waals surface area (Å²) in [5, 5.41) is 0. The van der Waals surface area contributed by atoms with Crippen LogP contribution in [0.2, 0.25) is 0 Å². The van der Waals surface area contributed by atoms with Gasteiger partial charge in [-0.15, -0.1) is 0 Å². The highest BCUT2D eigenvalue weighted by molar-refractivity contribution is 6.21. The maximum atomic E-state index is 12.5. The quantitative estimate of drug-likeness (QED) is 0.721. The van der Waals surface area contributed by atoms with E-state index in [1.807, 2.05) is 19.1 Å². The van der Waals surface area contributed by atoms with Gasteiger partial charge in [0.2, 0.25) is 0 Å². The number of imide groups is 1. The van der Waals surface area contributed by atoms with Crippen LogP contribution in [0.3, 0.4) is 0 Å². The minimum atomic E-state index is -0.109. The average molecular weight is 328 g/mol. The molecule has 0 atom stereocenters. The Labute approximate surface area is 144 Å². The first kappa shape index (κ1) is 17.2. The molecule has 4 heteroatoms. The Morgan fingerprint density at radius 3 is 1.83 bits per heavy atom. The van der Waals surface area contributed by atoms with Crippen molar-refractivity contribution in [2.45, 2.75) is 58.9 Å². The molecular weight excluding hydrogens is 300 g/mol. The number of carbonyl (C=O) groups excluding carboxylic acids is 2. The van der Waals surface area contributed by atoms with Gasteiger partial charge in [-0.1, -0.05) is 20.8 Å². The van der Waals surface area contributed by atoms with Gasteiger partial charge < -0.3 is 0 Å². The molecular formula is C20H28N2O2. The van der Waals surface area contributed by atoms with Crippen LogP contribution in [0.4, 0.5) is 0 Å². The first-order valence-corrected chi connectivity index (χ1v) is 9.36. The van der Waals surface area contributed by atoms with Crippen molar-refractivity contribution in [1.29, 1.82) is 0 Å². The van der Waals surface area contributed by atoms with Crippen molar-refractivity contribution in [3.05, 3.63) is 34.4 Å². The number of benzene rings is 1. The van der Waals surface area contributed by atoms with E-state index in [-0.39, 0.29) is 11.8 Å². The molecule has 1 aromatic rings. The van der Waals surface area contributed by atoms with E-state index in [9.17, 15) is 9.59 Å². The van der Waals surface area contributed by atoms with Gasteiger partial charge in [-0.2, -0.15) is 0 Å². The number of amides is 2. The largest absolute Gasteiger partial charge is 0.300 e. The van der Waals surface area contributed by atoms with Crippen molar-refractivity contribution >= 4 is 11.8 Å². The highest BCUT2D eigenvalue weighted by Gasteiger charge is 2.37. The lowest BCUT2D eigenvalue weighted by Crippen LogP contribution is -2.37. The molecule has 1 aromatic carbocycles. The Kier molecular flexibility index (Phi) is 5.04. The van der Waals surface area contributed by atoms with Crippen LogP contribution in [-0.4, -0.2) is 47.3 Å². The number of carbonyl (C=O) groups is 2. The van der Waals surface area contributed by atoms with Crippen LogP contribution < -0.4 is 0 Å². The van der Waals surface area contributed by atoms with Gasteiger partial charge in [-0.3, -0.25) is 19.4 Å². The first-order chi connectivity index (χ1) is 11.6. The van der Waals surface area contributed by atoms with Crippen molar-refractivity contribution in [1.82, 2.24) is 9.80 Å². The molecule has 0 unspecified atom stereocenters. The molecule has 3 rings (SSSR count). The number of nitrogens with zero attached hydrogens (tertiary/aromatic N) is 2. The second kappa shape index (κ2) is 7.06. The molecule has 4 nitrogen and oxygen atoms in total. The van der Waals surface area contributed by atoms with E-state index in [1.165, 1.54) is 16.0 Å². The van der Waals surface area contributed by atoms with Crippen molar-refractivity contribution in [2.75, 3.05) is 19.6 Å². The van der Waals surface area contributed by atoms with Gasteiger partial charge in [0.1, 0.15) is 0 Å². The average Bonchev–Trinajstić information content (AvgIpc) is 3.08. The SMILES string of the molecule is CCCN1C(=O)c2cc3c(cc2C1=O)CC(N(CCC)CCC)C3. The van der Waals surface area contributed by atoms with Gasteiger partial charge in [0, 0.05) is 12.6 Å². The van der Waals surface area contributed by atoms with Gasteiger partial charge in [0.25, 0.3) is 11.8 Å². The molecule has 2 aliphatic rings. The molecule has 1 heterocycles. The summed E-state index contributed by atoms with van der Waals surface area (Å²) in [6.45, 7) is 9.19. The van der Waals surface area contributed by atoms with Gasteiger partial charge in [0.15, 0.2) is 0 Å². The predicted octanol–water partition coefficient (Wildman–Crippen LogP) is 3.28. The smallest absolute Gasteiger partial charge is 0.261 e. The lowest BCUT2D eigenvalue weighted by atomic mass is 10.0. The zero-order valence-corrected chi connectivity index (χ0v) is 15.1. The zero-order valence-electron chi connectivity index (χ0n) is 15.1. The summed E-state index contributed by atoms with van der Waals surface area (Å²) in [4.78, 5) is 29.0. The van der Waals surface area contributed by atoms with Crippen LogP contribution in [0.25, 0.3) is 0 Å². The summed E-state index contributed by atoms with van der Waals surface area (Å²) < 4.78 is 0. The summed E-state index contributed by atoms with van der Waals surface area (Å²) in [5.74, 6) is -0.218. The number of fused-ring (bicyclic) bond motifs is 2. The Hall–Kier alpha value is -1.68. The molecule has 1 aliphatic heterocycles. The second-order valence-electron chi connectivity index (χ2n) is 7.03. The molecule has 0 bridgehead atoms. The number of hydrogen-bond acceptors (Lipinski definition) is 3. The highest BCUT2D eigenvalue weighted by Crippen LogP contribution is 2.32. The van der Waals surface area contributed by atoms with E-state index in [0.717, 1.165) is 45.2 Å². The lowest BCUT2D eigenvalue weighted by Gasteiger charge is -2.27. The molecule has 0 aromatic heterocycles. The van der Waals surface area contributed by atoms with Crippen molar-refractivity contribution in [2.24, 2.45) is 0 Å². The molecule has 130 valence electrons. The summed E-state index contributed by atoms with van der Waals surface area (Å²) >= 11 is 0. The predicted molar refractivity (Wildman–Crippen MR) is 95.5 cm³/mol. The van der Waals surface area contributed by atoms with Crippen molar-refractivity contribution < 1.29 is 9.59 Å². The molecule has 0 saturated heterocycles. The third-order valence-corrected chi connectivity index (χ3v) is 5.19. The Morgan fingerprint density at radius 2 is 1.42 bits per heavy atom. The van der Waals surface area contributed by atoms with Crippen LogP contribution in [0.5, 0.6) is 0 Å². The molecule has 0 spiro atoms. The molecule has 0 saturated carbocycles. The van der Waals surface area contributed by atoms with E-state index in [4.69, 9.17) is 0 Å². The van der Waals surface area contributed by atoms with Gasteiger partial charge in [-0.05, 0) is 68.5 Å². The van der Waals surface area contributed by atoms with Gasteiger partial charge in [-0.25, -0.2) is 0 Å². The normalized spacial score (nSPS) is 17.1. The van der Waals surface area contributed by atoms with Crippen LogP contribution in [0, 0.1) is 0 Å². The molecule has 0 radical (unpaired) electrons. The van der Waals surface area contributed by atoms with Crippen LogP contribution in [0.15, 0.2) is 12.1 Å². The number of hydrogen-bond donors (Lipinski definition) is 0. The third-order valence-electron chi connectivity index (χ3n) is 5.19. The molecule has 0 N–H and O–H groups in total. The summed E-state index contributed by atoms with van der Waals surface area (Å²) in [5.41, 5.74) is 3.75. The maximum Gasteiger partial charge on any atom is 0.261 e. The molecule has 24 heavy (non-hydrogen) atoms. The minimum absolute atomic E-state index is 0.109. The van der Waals surface area contributed by atoms with E-state index in [1.54, 1.807) is 0 Å². The van der Waals surface area contributed by atoms with Gasteiger partial charge in [0.05, 0.1) is 11.1 Å². The Bertz CT molecular complexity index is 602. The fourth-order valence-corrected chi connectivity index (χ4v) is 4.12. The van der Waals surface area contributed by atoms with Crippen LogP contribution in [-0.2, 0) is 12.8 Å². The monoisotopic (exact) mass is 328 g/mol. The topological polar surface area (TPSA) is 40.6 Å². The van der Waals surface area contributed by atoms with Crippen LogP contribution >= 0.6 is 0 Å². The van der Waals surface area contributed by atoms with E-state index >= 15 is 0 Å². The summed E-state index contributed by atoms with van der Waals surface area (Å²) in [6, 6.07) is 4.51. The van der Waals surface area contributed by atoms with Crippen molar-refractivity contribution in [3.8, 4) is 0 Å². The molecule has 0 fully saturated rings. The number of rotatable bonds is 7. The highest BCUT2D eigenvalue weighted by atomic mass is 16.2. The molecule has 2 amide bonds. The Morgan fingerprint density at radius 1 is 0.917 bits per heavy atom. The summed E-state index contributed by atoms with van der Waals surface area (Å²) in [6.07, 6.45) is 5.12. The zero-order chi connectivity index (χ0) is 17.3. The lowest BCUT2D eigenvalue weighted by molar-refractivity contribution is 0.0654. The maximum absolute atomic E-state index is 12.5. The fraction of sp³-hybridized carbons (Fsp3) is 0.600. The fourth-order valence-electron chi connectivity index (χ4n) is 4.12. The standard InChI is InChI=1S/C20H28N2O2/c1-4-7-21(8-5-2)16-10-14-12-17-18(13-15(14)11-16)20(24)22(9-6-3)19(17)23/h12-13,16H,4-11H2,1-3H3. The molecule has 1 aliphatic carbocycles.